The molecule has 0 aliphatic heterocycles. The van der Waals surface area contributed by atoms with Gasteiger partial charge in [0, 0.05) is 5.75 Å². The summed E-state index contributed by atoms with van der Waals surface area (Å²) in [6, 6.07) is -5.23. The SMILES string of the molecule is CC(C)C(NC(=O)C(CC(N)=O)NC(=O)C(N)C(C)O)C(=O)NC(CS)C(=O)O. The number of carboxylic acids is 1. The molecule has 0 saturated heterocycles. The fourth-order valence-corrected chi connectivity index (χ4v) is 2.38. The third-order valence-electron chi connectivity index (χ3n) is 3.90. The van der Waals surface area contributed by atoms with Crippen molar-refractivity contribution in [3.8, 4) is 0 Å². The fourth-order valence-electron chi connectivity index (χ4n) is 2.13. The largest absolute Gasteiger partial charge is 0.480 e. The van der Waals surface area contributed by atoms with Crippen molar-refractivity contribution in [1.29, 1.82) is 0 Å². The normalized spacial score (nSPS) is 16.1. The zero-order valence-corrected chi connectivity index (χ0v) is 17.3. The summed E-state index contributed by atoms with van der Waals surface area (Å²) in [6.07, 6.45) is -1.79. The van der Waals surface area contributed by atoms with E-state index in [-0.39, 0.29) is 5.75 Å². The Morgan fingerprint density at radius 1 is 0.931 bits per heavy atom. The minimum atomic E-state index is -1.45. The van der Waals surface area contributed by atoms with E-state index in [9.17, 15) is 29.1 Å². The zero-order chi connectivity index (χ0) is 22.9. The Hall–Kier alpha value is -2.38. The highest BCUT2D eigenvalue weighted by Crippen LogP contribution is 2.05. The number of rotatable bonds is 12. The topological polar surface area (TPSA) is 214 Å². The summed E-state index contributed by atoms with van der Waals surface area (Å²) in [7, 11) is 0. The molecule has 5 unspecified atom stereocenters. The molecule has 9 N–H and O–H groups in total. The number of hydrogen-bond acceptors (Lipinski definition) is 8. The highest BCUT2D eigenvalue weighted by Gasteiger charge is 2.32. The molecule has 0 rings (SSSR count). The van der Waals surface area contributed by atoms with Crippen molar-refractivity contribution in [1.82, 2.24) is 16.0 Å². The lowest BCUT2D eigenvalue weighted by atomic mass is 10.0. The number of aliphatic hydroxyl groups excluding tert-OH is 1. The summed E-state index contributed by atoms with van der Waals surface area (Å²) in [5.74, 6) is -5.40. The molecule has 29 heavy (non-hydrogen) atoms. The van der Waals surface area contributed by atoms with Gasteiger partial charge in [-0.1, -0.05) is 13.8 Å². The van der Waals surface area contributed by atoms with Crippen molar-refractivity contribution >= 4 is 42.2 Å². The van der Waals surface area contributed by atoms with E-state index in [0.29, 0.717) is 0 Å². The van der Waals surface area contributed by atoms with Crippen molar-refractivity contribution in [2.75, 3.05) is 5.75 Å². The first-order valence-electron chi connectivity index (χ1n) is 8.78. The van der Waals surface area contributed by atoms with Crippen LogP contribution in [0.4, 0.5) is 0 Å². The van der Waals surface area contributed by atoms with Crippen LogP contribution in [-0.2, 0) is 24.0 Å². The first-order valence-corrected chi connectivity index (χ1v) is 9.41. The van der Waals surface area contributed by atoms with Gasteiger partial charge in [-0.15, -0.1) is 0 Å². The van der Waals surface area contributed by atoms with Gasteiger partial charge in [0.2, 0.25) is 23.6 Å². The van der Waals surface area contributed by atoms with Crippen LogP contribution in [0, 0.1) is 5.92 Å². The molecule has 13 heteroatoms. The van der Waals surface area contributed by atoms with Gasteiger partial charge < -0.3 is 37.6 Å². The van der Waals surface area contributed by atoms with E-state index >= 15 is 0 Å². The molecular formula is C16H29N5O7S. The number of amides is 4. The third kappa shape index (κ3) is 9.11. The number of nitrogens with one attached hydrogen (secondary N) is 3. The van der Waals surface area contributed by atoms with E-state index in [1.54, 1.807) is 13.8 Å². The van der Waals surface area contributed by atoms with Crippen molar-refractivity contribution in [3.63, 3.8) is 0 Å². The molecule has 4 amide bonds. The van der Waals surface area contributed by atoms with Crippen molar-refractivity contribution in [2.45, 2.75) is 57.5 Å². The summed E-state index contributed by atoms with van der Waals surface area (Å²) >= 11 is 3.85. The molecule has 0 aliphatic rings. The van der Waals surface area contributed by atoms with Gasteiger partial charge >= 0.3 is 5.97 Å². The minimum Gasteiger partial charge on any atom is -0.480 e. The van der Waals surface area contributed by atoms with Gasteiger partial charge in [0.25, 0.3) is 0 Å². The van der Waals surface area contributed by atoms with Gasteiger partial charge in [-0.2, -0.15) is 12.6 Å². The lowest BCUT2D eigenvalue weighted by molar-refractivity contribution is -0.142. The second-order valence-electron chi connectivity index (χ2n) is 6.81. The van der Waals surface area contributed by atoms with Crippen LogP contribution in [0.25, 0.3) is 0 Å². The molecule has 0 saturated carbocycles. The maximum absolute atomic E-state index is 12.6. The van der Waals surface area contributed by atoms with E-state index in [1.807, 2.05) is 0 Å². The van der Waals surface area contributed by atoms with Crippen LogP contribution in [0.5, 0.6) is 0 Å². The van der Waals surface area contributed by atoms with Crippen LogP contribution in [0.1, 0.15) is 27.2 Å². The highest BCUT2D eigenvalue weighted by atomic mass is 32.1. The maximum atomic E-state index is 12.6. The molecule has 0 heterocycles. The fraction of sp³-hybridized carbons (Fsp3) is 0.688. The van der Waals surface area contributed by atoms with E-state index in [4.69, 9.17) is 16.6 Å². The number of primary amides is 1. The van der Waals surface area contributed by atoms with Gasteiger partial charge in [0.05, 0.1) is 12.5 Å². The molecule has 0 aromatic heterocycles. The minimum absolute atomic E-state index is 0.169. The lowest BCUT2D eigenvalue weighted by Crippen LogP contribution is -2.59. The number of carboxylic acid groups (broad SMARTS) is 1. The third-order valence-corrected chi connectivity index (χ3v) is 4.27. The van der Waals surface area contributed by atoms with Crippen LogP contribution < -0.4 is 27.4 Å². The Morgan fingerprint density at radius 2 is 1.45 bits per heavy atom. The predicted octanol–water partition coefficient (Wildman–Crippen LogP) is -3.31. The number of carbonyl (C=O) groups excluding carboxylic acids is 4. The Labute approximate surface area is 173 Å². The number of hydrogen-bond donors (Lipinski definition) is 8. The second-order valence-corrected chi connectivity index (χ2v) is 7.18. The highest BCUT2D eigenvalue weighted by molar-refractivity contribution is 7.80. The molecule has 5 atom stereocenters. The molecule has 0 radical (unpaired) electrons. The average Bonchev–Trinajstić information content (AvgIpc) is 2.61. The van der Waals surface area contributed by atoms with Gasteiger partial charge in [0.15, 0.2) is 0 Å². The molecule has 0 aliphatic carbocycles. The lowest BCUT2D eigenvalue weighted by Gasteiger charge is -2.26. The second kappa shape index (κ2) is 12.2. The molecule has 0 fully saturated rings. The van der Waals surface area contributed by atoms with Gasteiger partial charge in [-0.05, 0) is 12.8 Å². The first-order chi connectivity index (χ1) is 13.3. The first kappa shape index (κ1) is 26.6. The molecule has 0 spiro atoms. The number of carbonyl (C=O) groups is 5. The average molecular weight is 436 g/mol. The van der Waals surface area contributed by atoms with E-state index in [0.717, 1.165) is 0 Å². The number of thiol groups is 1. The molecule has 0 bridgehead atoms. The van der Waals surface area contributed by atoms with E-state index in [2.05, 4.69) is 28.6 Å². The van der Waals surface area contributed by atoms with Crippen molar-refractivity contribution in [2.24, 2.45) is 17.4 Å². The molecule has 0 aromatic carbocycles. The Bertz CT molecular complexity index is 629. The molecule has 166 valence electrons. The summed E-state index contributed by atoms with van der Waals surface area (Å²) in [5, 5.41) is 25.2. The van der Waals surface area contributed by atoms with Crippen molar-refractivity contribution < 1.29 is 34.2 Å². The summed E-state index contributed by atoms with van der Waals surface area (Å²) in [6.45, 7) is 4.48. The standard InChI is InChI=1S/C16H29N5O7S/c1-6(2)12(15(26)20-9(5-29)16(27)28)21-13(24)8(4-10(17)23)19-14(25)11(18)7(3)22/h6-9,11-12,22,29H,4-5,18H2,1-3H3,(H2,17,23)(H,19,25)(H,20,26)(H,21,24)(H,27,28). The smallest absolute Gasteiger partial charge is 0.327 e. The molecule has 12 nitrogen and oxygen atoms in total. The summed E-state index contributed by atoms with van der Waals surface area (Å²) in [4.78, 5) is 59.3. The summed E-state index contributed by atoms with van der Waals surface area (Å²) in [5.41, 5.74) is 10.6. The predicted molar refractivity (Wildman–Crippen MR) is 106 cm³/mol. The monoisotopic (exact) mass is 435 g/mol. The van der Waals surface area contributed by atoms with Crippen LogP contribution >= 0.6 is 12.6 Å². The summed E-state index contributed by atoms with van der Waals surface area (Å²) < 4.78 is 0. The van der Waals surface area contributed by atoms with Crippen LogP contribution in [0.2, 0.25) is 0 Å². The van der Waals surface area contributed by atoms with Crippen molar-refractivity contribution in [3.05, 3.63) is 0 Å². The van der Waals surface area contributed by atoms with Crippen LogP contribution in [0.15, 0.2) is 0 Å². The zero-order valence-electron chi connectivity index (χ0n) is 16.4. The molecular weight excluding hydrogens is 406 g/mol. The Morgan fingerprint density at radius 3 is 1.83 bits per heavy atom. The van der Waals surface area contributed by atoms with E-state index < -0.39 is 72.2 Å². The maximum Gasteiger partial charge on any atom is 0.327 e. The number of nitrogens with two attached hydrogens (primary N) is 2. The van der Waals surface area contributed by atoms with Gasteiger partial charge in [0.1, 0.15) is 24.2 Å². The quantitative estimate of drug-likeness (QED) is 0.145. The Kier molecular flexibility index (Phi) is 11.2. The Balaban J connectivity index is 5.38. The number of aliphatic carboxylic acids is 1. The number of aliphatic hydroxyl groups is 1. The van der Waals surface area contributed by atoms with Crippen LogP contribution in [0.3, 0.4) is 0 Å². The van der Waals surface area contributed by atoms with E-state index in [1.165, 1.54) is 6.92 Å². The van der Waals surface area contributed by atoms with Crippen LogP contribution in [-0.4, -0.2) is 75.8 Å². The van der Waals surface area contributed by atoms with Gasteiger partial charge in [-0.25, -0.2) is 4.79 Å². The molecule has 0 aromatic rings. The van der Waals surface area contributed by atoms with Gasteiger partial charge in [-0.3, -0.25) is 19.2 Å².